The van der Waals surface area contributed by atoms with Crippen molar-refractivity contribution in [3.8, 4) is 11.6 Å². The first-order chi connectivity index (χ1) is 12.8. The fourth-order valence-electron chi connectivity index (χ4n) is 2.23. The summed E-state index contributed by atoms with van der Waals surface area (Å²) >= 11 is 0. The lowest BCUT2D eigenvalue weighted by atomic mass is 10.3. The molecule has 1 aromatic heterocycles. The van der Waals surface area contributed by atoms with E-state index >= 15 is 0 Å². The van der Waals surface area contributed by atoms with E-state index in [1.807, 2.05) is 0 Å². The summed E-state index contributed by atoms with van der Waals surface area (Å²) < 4.78 is 72.2. The van der Waals surface area contributed by atoms with Gasteiger partial charge < -0.3 is 4.74 Å². The number of aromatic nitrogens is 1. The first kappa shape index (κ1) is 18.9. The van der Waals surface area contributed by atoms with Crippen LogP contribution in [-0.2, 0) is 16.6 Å². The fraction of sp³-hybridized carbons (Fsp3) is 0.0556. The number of nitrogens with zero attached hydrogens (tertiary/aromatic N) is 1. The van der Waals surface area contributed by atoms with Crippen LogP contribution in [0, 0.1) is 17.5 Å². The Morgan fingerprint density at radius 3 is 2.30 bits per heavy atom. The number of halogens is 3. The van der Waals surface area contributed by atoms with Crippen molar-refractivity contribution in [1.29, 1.82) is 0 Å². The minimum Gasteiger partial charge on any atom is -0.439 e. The Labute approximate surface area is 153 Å². The van der Waals surface area contributed by atoms with Crippen LogP contribution < -0.4 is 9.46 Å². The molecule has 0 atom stereocenters. The van der Waals surface area contributed by atoms with Crippen molar-refractivity contribution in [2.75, 3.05) is 0 Å². The summed E-state index contributed by atoms with van der Waals surface area (Å²) in [5, 5.41) is 0. The Hall–Kier alpha value is -2.91. The summed E-state index contributed by atoms with van der Waals surface area (Å²) in [4.78, 5) is 2.93. The second-order valence-electron chi connectivity index (χ2n) is 5.43. The molecular formula is C18H13F3N2O3S. The van der Waals surface area contributed by atoms with Gasteiger partial charge in [0.05, 0.1) is 0 Å². The Morgan fingerprint density at radius 2 is 1.63 bits per heavy atom. The maximum absolute atomic E-state index is 13.7. The zero-order valence-electron chi connectivity index (χ0n) is 13.7. The number of sulfonamides is 1. The minimum absolute atomic E-state index is 0.148. The molecule has 0 aliphatic carbocycles. The molecule has 140 valence electrons. The number of rotatable bonds is 6. The lowest BCUT2D eigenvalue weighted by molar-refractivity contribution is 0.460. The molecule has 0 aliphatic heterocycles. The molecule has 9 heteroatoms. The van der Waals surface area contributed by atoms with Gasteiger partial charge in [-0.15, -0.1) is 0 Å². The van der Waals surface area contributed by atoms with Crippen molar-refractivity contribution in [2.24, 2.45) is 0 Å². The van der Waals surface area contributed by atoms with Crippen LogP contribution in [0.25, 0.3) is 0 Å². The predicted molar refractivity (Wildman–Crippen MR) is 91.1 cm³/mol. The molecule has 5 nitrogen and oxygen atoms in total. The molecule has 1 heterocycles. The van der Waals surface area contributed by atoms with Crippen LogP contribution >= 0.6 is 0 Å². The molecule has 0 unspecified atom stereocenters. The van der Waals surface area contributed by atoms with Crippen molar-refractivity contribution in [2.45, 2.75) is 11.4 Å². The molecule has 1 N–H and O–H groups in total. The molecule has 3 aromatic rings. The van der Waals surface area contributed by atoms with Crippen LogP contribution in [0.3, 0.4) is 0 Å². The van der Waals surface area contributed by atoms with Crippen molar-refractivity contribution in [3.63, 3.8) is 0 Å². The maximum atomic E-state index is 13.7. The molecule has 2 aromatic carbocycles. The second-order valence-corrected chi connectivity index (χ2v) is 7.14. The summed E-state index contributed by atoms with van der Waals surface area (Å²) in [6.45, 7) is -0.238. The SMILES string of the molecule is O=S(=O)(NCc1ccnc(Oc2ccc(F)cc2)c1)c1c(F)cccc1F. The predicted octanol–water partition coefficient (Wildman–Crippen LogP) is 3.77. The summed E-state index contributed by atoms with van der Waals surface area (Å²) in [5.41, 5.74) is 0.447. The maximum Gasteiger partial charge on any atom is 0.246 e. The Bertz CT molecular complexity index is 1040. The van der Waals surface area contributed by atoms with Crippen LogP contribution in [0.2, 0.25) is 0 Å². The highest BCUT2D eigenvalue weighted by molar-refractivity contribution is 7.89. The number of nitrogens with one attached hydrogen (secondary N) is 1. The lowest BCUT2D eigenvalue weighted by Crippen LogP contribution is -2.25. The van der Waals surface area contributed by atoms with Gasteiger partial charge in [0, 0.05) is 18.8 Å². The van der Waals surface area contributed by atoms with E-state index < -0.39 is 32.4 Å². The van der Waals surface area contributed by atoms with Crippen molar-refractivity contribution < 1.29 is 26.3 Å². The first-order valence-electron chi connectivity index (χ1n) is 7.67. The summed E-state index contributed by atoms with van der Waals surface area (Å²) in [5.74, 6) is -2.29. The number of hydrogen-bond donors (Lipinski definition) is 1. The molecule has 0 aliphatic rings. The van der Waals surface area contributed by atoms with Gasteiger partial charge in [-0.1, -0.05) is 6.07 Å². The molecule has 0 radical (unpaired) electrons. The third-order valence-electron chi connectivity index (χ3n) is 3.49. The average molecular weight is 394 g/mol. The highest BCUT2D eigenvalue weighted by Gasteiger charge is 2.23. The van der Waals surface area contributed by atoms with Gasteiger partial charge >= 0.3 is 0 Å². The van der Waals surface area contributed by atoms with Gasteiger partial charge in [-0.25, -0.2) is 31.3 Å². The Morgan fingerprint density at radius 1 is 0.963 bits per heavy atom. The molecule has 0 saturated carbocycles. The molecule has 0 amide bonds. The fourth-order valence-corrected chi connectivity index (χ4v) is 3.38. The summed E-state index contributed by atoms with van der Waals surface area (Å²) in [6, 6.07) is 11.0. The smallest absolute Gasteiger partial charge is 0.246 e. The van der Waals surface area contributed by atoms with Crippen LogP contribution in [-0.4, -0.2) is 13.4 Å². The Kier molecular flexibility index (Phi) is 5.43. The van der Waals surface area contributed by atoms with Crippen LogP contribution in [0.15, 0.2) is 65.7 Å². The Balaban J connectivity index is 1.74. The van der Waals surface area contributed by atoms with Crippen LogP contribution in [0.1, 0.15) is 5.56 Å². The molecule has 0 bridgehead atoms. The summed E-state index contributed by atoms with van der Waals surface area (Å²) in [7, 11) is -4.40. The number of benzene rings is 2. The first-order valence-corrected chi connectivity index (χ1v) is 9.15. The van der Waals surface area contributed by atoms with E-state index in [4.69, 9.17) is 4.74 Å². The van der Waals surface area contributed by atoms with E-state index in [1.165, 1.54) is 42.6 Å². The standard InChI is InChI=1S/C18H13F3N2O3S/c19-13-4-6-14(7-5-13)26-17-10-12(8-9-22-17)11-23-27(24,25)18-15(20)2-1-3-16(18)21/h1-10,23H,11H2. The van der Waals surface area contributed by atoms with E-state index in [-0.39, 0.29) is 12.4 Å². The number of ether oxygens (including phenoxy) is 1. The van der Waals surface area contributed by atoms with Gasteiger partial charge in [-0.2, -0.15) is 0 Å². The molecule has 0 saturated heterocycles. The largest absolute Gasteiger partial charge is 0.439 e. The van der Waals surface area contributed by atoms with E-state index in [1.54, 1.807) is 0 Å². The highest BCUT2D eigenvalue weighted by Crippen LogP contribution is 2.21. The van der Waals surface area contributed by atoms with Gasteiger partial charge in [0.1, 0.15) is 23.2 Å². The highest BCUT2D eigenvalue weighted by atomic mass is 32.2. The van der Waals surface area contributed by atoms with Crippen molar-refractivity contribution in [1.82, 2.24) is 9.71 Å². The third-order valence-corrected chi connectivity index (χ3v) is 4.94. The topological polar surface area (TPSA) is 68.3 Å². The van der Waals surface area contributed by atoms with Gasteiger partial charge in [0.2, 0.25) is 15.9 Å². The molecule has 3 rings (SSSR count). The minimum atomic E-state index is -4.40. The lowest BCUT2D eigenvalue weighted by Gasteiger charge is -2.10. The average Bonchev–Trinajstić information content (AvgIpc) is 2.62. The molecular weight excluding hydrogens is 381 g/mol. The van der Waals surface area contributed by atoms with E-state index in [0.717, 1.165) is 18.2 Å². The van der Waals surface area contributed by atoms with Gasteiger partial charge in [0.25, 0.3) is 0 Å². The van der Waals surface area contributed by atoms with Crippen LogP contribution in [0.4, 0.5) is 13.2 Å². The van der Waals surface area contributed by atoms with E-state index in [2.05, 4.69) is 9.71 Å². The zero-order valence-corrected chi connectivity index (χ0v) is 14.5. The second kappa shape index (κ2) is 7.77. The number of hydrogen-bond acceptors (Lipinski definition) is 4. The molecule has 27 heavy (non-hydrogen) atoms. The summed E-state index contributed by atoms with van der Waals surface area (Å²) in [6.07, 6.45) is 1.38. The van der Waals surface area contributed by atoms with Crippen molar-refractivity contribution in [3.05, 3.63) is 83.8 Å². The third kappa shape index (κ3) is 4.63. The molecule has 0 spiro atoms. The molecule has 0 fully saturated rings. The van der Waals surface area contributed by atoms with Crippen LogP contribution in [0.5, 0.6) is 11.6 Å². The van der Waals surface area contributed by atoms with Gasteiger partial charge in [-0.3, -0.25) is 0 Å². The van der Waals surface area contributed by atoms with Gasteiger partial charge in [-0.05, 0) is 48.0 Å². The monoisotopic (exact) mass is 394 g/mol. The van der Waals surface area contributed by atoms with E-state index in [0.29, 0.717) is 11.3 Å². The quantitative estimate of drug-likeness (QED) is 0.691. The normalized spacial score (nSPS) is 11.4. The zero-order chi connectivity index (χ0) is 19.4. The van der Waals surface area contributed by atoms with Crippen molar-refractivity contribution >= 4 is 10.0 Å². The number of pyridine rings is 1. The van der Waals surface area contributed by atoms with Gasteiger partial charge in [0.15, 0.2) is 4.90 Å². The van der Waals surface area contributed by atoms with E-state index in [9.17, 15) is 21.6 Å².